The highest BCUT2D eigenvalue weighted by Crippen LogP contribution is 2.21. The summed E-state index contributed by atoms with van der Waals surface area (Å²) in [5.41, 5.74) is 5.03. The first-order chi connectivity index (χ1) is 7.88. The number of anilines is 1. The number of rotatable bonds is 5. The van der Waals surface area contributed by atoms with Gasteiger partial charge in [0.25, 0.3) is 0 Å². The normalized spacial score (nSPS) is 13.3. The van der Waals surface area contributed by atoms with E-state index < -0.39 is 15.8 Å². The van der Waals surface area contributed by atoms with Crippen LogP contribution in [0.15, 0.2) is 35.7 Å². The molecule has 17 heavy (non-hydrogen) atoms. The Kier molecular flexibility index (Phi) is 4.25. The molecule has 0 spiro atoms. The number of sulfonamides is 1. The fourth-order valence-electron chi connectivity index (χ4n) is 1.38. The summed E-state index contributed by atoms with van der Waals surface area (Å²) >= 11 is 0. The van der Waals surface area contributed by atoms with Gasteiger partial charge in [-0.25, -0.2) is 17.5 Å². The second-order valence-corrected chi connectivity index (χ2v) is 5.38. The minimum Gasteiger partial charge on any atom is -0.395 e. The molecule has 1 aromatic carbocycles. The molecule has 3 N–H and O–H groups in total. The first-order valence-corrected chi connectivity index (χ1v) is 6.54. The molecule has 0 aromatic heterocycles. The lowest BCUT2D eigenvalue weighted by Gasteiger charge is -2.13. The Labute approximate surface area is 100 Å². The highest BCUT2D eigenvalue weighted by atomic mass is 32.2. The molecule has 0 aliphatic carbocycles. The zero-order valence-electron chi connectivity index (χ0n) is 9.48. The molecule has 1 unspecified atom stereocenters. The molecule has 4 nitrogen and oxygen atoms in total. The van der Waals surface area contributed by atoms with Crippen LogP contribution in [0.3, 0.4) is 0 Å². The van der Waals surface area contributed by atoms with Crippen LogP contribution >= 0.6 is 0 Å². The second-order valence-electron chi connectivity index (χ2n) is 3.70. The molecule has 0 saturated carbocycles. The van der Waals surface area contributed by atoms with E-state index >= 15 is 0 Å². The van der Waals surface area contributed by atoms with Gasteiger partial charge in [0.15, 0.2) is 0 Å². The van der Waals surface area contributed by atoms with Crippen LogP contribution in [0, 0.1) is 5.82 Å². The Morgan fingerprint density at radius 3 is 2.82 bits per heavy atom. The Morgan fingerprint density at radius 1 is 1.59 bits per heavy atom. The SMILES string of the molecule is C=CCC(C)NS(=O)(=O)c1cccc(F)c1N. The monoisotopic (exact) mass is 258 g/mol. The zero-order chi connectivity index (χ0) is 13.1. The van der Waals surface area contributed by atoms with Crippen LogP contribution < -0.4 is 10.5 Å². The third-order valence-electron chi connectivity index (χ3n) is 2.18. The van der Waals surface area contributed by atoms with E-state index in [9.17, 15) is 12.8 Å². The molecule has 1 atom stereocenters. The van der Waals surface area contributed by atoms with Crippen LogP contribution in [0.5, 0.6) is 0 Å². The van der Waals surface area contributed by atoms with Gasteiger partial charge in [-0.15, -0.1) is 6.58 Å². The molecule has 0 saturated heterocycles. The lowest BCUT2D eigenvalue weighted by molar-refractivity contribution is 0.560. The van der Waals surface area contributed by atoms with Gasteiger partial charge in [-0.3, -0.25) is 0 Å². The smallest absolute Gasteiger partial charge is 0.242 e. The fourth-order valence-corrected chi connectivity index (χ4v) is 2.78. The van der Waals surface area contributed by atoms with Gasteiger partial charge in [0.2, 0.25) is 10.0 Å². The van der Waals surface area contributed by atoms with E-state index in [-0.39, 0.29) is 16.6 Å². The number of para-hydroxylation sites is 1. The van der Waals surface area contributed by atoms with Crippen LogP contribution in [0.2, 0.25) is 0 Å². The van der Waals surface area contributed by atoms with Gasteiger partial charge in [0.1, 0.15) is 10.7 Å². The number of nitrogens with two attached hydrogens (primary N) is 1. The third-order valence-corrected chi connectivity index (χ3v) is 3.83. The average molecular weight is 258 g/mol. The predicted molar refractivity (Wildman–Crippen MR) is 65.4 cm³/mol. The van der Waals surface area contributed by atoms with Crippen LogP contribution in [0.4, 0.5) is 10.1 Å². The maximum Gasteiger partial charge on any atom is 0.242 e. The average Bonchev–Trinajstić information content (AvgIpc) is 2.21. The number of nitrogen functional groups attached to an aromatic ring is 1. The van der Waals surface area contributed by atoms with E-state index in [1.807, 2.05) is 0 Å². The van der Waals surface area contributed by atoms with E-state index in [0.717, 1.165) is 6.07 Å². The molecule has 1 rings (SSSR count). The Balaban J connectivity index is 3.05. The molecular formula is C11H15FN2O2S. The van der Waals surface area contributed by atoms with Gasteiger partial charge in [-0.05, 0) is 25.5 Å². The second kappa shape index (κ2) is 5.29. The van der Waals surface area contributed by atoms with E-state index in [1.54, 1.807) is 13.0 Å². The lowest BCUT2D eigenvalue weighted by Crippen LogP contribution is -2.32. The maximum atomic E-state index is 13.2. The summed E-state index contributed by atoms with van der Waals surface area (Å²) in [5.74, 6) is -0.746. The van der Waals surface area contributed by atoms with Crippen molar-refractivity contribution in [2.24, 2.45) is 0 Å². The summed E-state index contributed by atoms with van der Waals surface area (Å²) in [6.45, 7) is 5.20. The van der Waals surface area contributed by atoms with Gasteiger partial charge in [-0.1, -0.05) is 12.1 Å². The summed E-state index contributed by atoms with van der Waals surface area (Å²) in [5, 5.41) is 0. The van der Waals surface area contributed by atoms with Gasteiger partial charge in [0, 0.05) is 6.04 Å². The van der Waals surface area contributed by atoms with Gasteiger partial charge >= 0.3 is 0 Å². The van der Waals surface area contributed by atoms with Crippen molar-refractivity contribution in [3.8, 4) is 0 Å². The third kappa shape index (κ3) is 3.28. The van der Waals surface area contributed by atoms with Crippen molar-refractivity contribution >= 4 is 15.7 Å². The number of halogens is 1. The van der Waals surface area contributed by atoms with Crippen molar-refractivity contribution in [1.82, 2.24) is 4.72 Å². The molecule has 6 heteroatoms. The number of nitrogens with one attached hydrogen (secondary N) is 1. The predicted octanol–water partition coefficient (Wildman–Crippen LogP) is 1.65. The molecule has 0 heterocycles. The van der Waals surface area contributed by atoms with E-state index in [1.165, 1.54) is 12.1 Å². The molecule has 1 aromatic rings. The molecule has 0 aliphatic heterocycles. The summed E-state index contributed by atoms with van der Waals surface area (Å²) in [4.78, 5) is -0.242. The Morgan fingerprint density at radius 2 is 2.24 bits per heavy atom. The van der Waals surface area contributed by atoms with Crippen LogP contribution in [-0.2, 0) is 10.0 Å². The summed E-state index contributed by atoms with van der Waals surface area (Å²) in [6.07, 6.45) is 2.08. The molecule has 0 radical (unpaired) electrons. The van der Waals surface area contributed by atoms with Crippen molar-refractivity contribution < 1.29 is 12.8 Å². The van der Waals surface area contributed by atoms with E-state index in [4.69, 9.17) is 5.73 Å². The molecule has 94 valence electrons. The Bertz CT molecular complexity index is 514. The summed E-state index contributed by atoms with van der Waals surface area (Å²) in [7, 11) is -3.80. The molecule has 0 bridgehead atoms. The Hall–Kier alpha value is -1.40. The van der Waals surface area contributed by atoms with Crippen molar-refractivity contribution in [3.63, 3.8) is 0 Å². The van der Waals surface area contributed by atoms with Gasteiger partial charge < -0.3 is 5.73 Å². The molecule has 0 fully saturated rings. The quantitative estimate of drug-likeness (QED) is 0.623. The van der Waals surface area contributed by atoms with Crippen LogP contribution in [0.1, 0.15) is 13.3 Å². The molecule has 0 amide bonds. The summed E-state index contributed by atoms with van der Waals surface area (Å²) in [6, 6.07) is 3.36. The molecule has 0 aliphatic rings. The van der Waals surface area contributed by atoms with Crippen molar-refractivity contribution in [1.29, 1.82) is 0 Å². The highest BCUT2D eigenvalue weighted by molar-refractivity contribution is 7.89. The lowest BCUT2D eigenvalue weighted by atomic mass is 10.3. The van der Waals surface area contributed by atoms with E-state index in [0.29, 0.717) is 6.42 Å². The number of hydrogen-bond acceptors (Lipinski definition) is 3. The summed E-state index contributed by atoms with van der Waals surface area (Å²) < 4.78 is 39.4. The minimum atomic E-state index is -3.80. The minimum absolute atomic E-state index is 0.242. The fraction of sp³-hybridized carbons (Fsp3) is 0.273. The first-order valence-electron chi connectivity index (χ1n) is 5.05. The topological polar surface area (TPSA) is 72.2 Å². The van der Waals surface area contributed by atoms with E-state index in [2.05, 4.69) is 11.3 Å². The standard InChI is InChI=1S/C11H15FN2O2S/c1-3-5-8(2)14-17(15,16)10-7-4-6-9(12)11(10)13/h3-4,6-8,14H,1,5,13H2,2H3. The zero-order valence-corrected chi connectivity index (χ0v) is 10.3. The molecular weight excluding hydrogens is 243 g/mol. The number of hydrogen-bond donors (Lipinski definition) is 2. The highest BCUT2D eigenvalue weighted by Gasteiger charge is 2.20. The first kappa shape index (κ1) is 13.7. The van der Waals surface area contributed by atoms with Crippen molar-refractivity contribution in [3.05, 3.63) is 36.7 Å². The maximum absolute atomic E-state index is 13.2. The van der Waals surface area contributed by atoms with Gasteiger partial charge in [0.05, 0.1) is 5.69 Å². The van der Waals surface area contributed by atoms with Crippen molar-refractivity contribution in [2.45, 2.75) is 24.3 Å². The van der Waals surface area contributed by atoms with Crippen molar-refractivity contribution in [2.75, 3.05) is 5.73 Å². The van der Waals surface area contributed by atoms with Gasteiger partial charge in [-0.2, -0.15) is 0 Å². The van der Waals surface area contributed by atoms with Crippen LogP contribution in [0.25, 0.3) is 0 Å². The van der Waals surface area contributed by atoms with Crippen LogP contribution in [-0.4, -0.2) is 14.5 Å². The largest absolute Gasteiger partial charge is 0.395 e. The number of benzene rings is 1.